The molecule has 6 heteroatoms. The Morgan fingerprint density at radius 3 is 2.25 bits per heavy atom. The van der Waals surface area contributed by atoms with Crippen molar-refractivity contribution in [1.29, 1.82) is 0 Å². The van der Waals surface area contributed by atoms with Crippen molar-refractivity contribution in [1.82, 2.24) is 9.97 Å². The Bertz CT molecular complexity index is 1990. The number of pyridine rings is 2. The second kappa shape index (κ2) is 17.6. The molecule has 1 radical (unpaired) electrons. The maximum atomic E-state index is 11.7. The second-order valence-electron chi connectivity index (χ2n) is 15.3. The molecule has 0 saturated heterocycles. The minimum Gasteiger partial charge on any atom is -0.512 e. The summed E-state index contributed by atoms with van der Waals surface area (Å²) < 4.78 is 1.25. The molecular formula is C45H55IrN2O2S-. The summed E-state index contributed by atoms with van der Waals surface area (Å²) in [5.41, 5.74) is 8.84. The molecule has 1 aliphatic rings. The van der Waals surface area contributed by atoms with Gasteiger partial charge in [-0.25, -0.2) is 0 Å². The summed E-state index contributed by atoms with van der Waals surface area (Å²) in [5, 5.41) is 13.5. The summed E-state index contributed by atoms with van der Waals surface area (Å²) in [7, 11) is 0. The molecule has 273 valence electrons. The number of rotatable bonds is 10. The van der Waals surface area contributed by atoms with E-state index >= 15 is 0 Å². The van der Waals surface area contributed by atoms with Crippen LogP contribution >= 0.6 is 11.3 Å². The average Bonchev–Trinajstić information content (AvgIpc) is 3.48. The topological polar surface area (TPSA) is 63.1 Å². The minimum atomic E-state index is 0. The number of thiophene rings is 1. The largest absolute Gasteiger partial charge is 0.512 e. The molecule has 0 aliphatic heterocycles. The molecule has 0 saturated carbocycles. The molecule has 1 aliphatic carbocycles. The first-order valence-electron chi connectivity index (χ1n) is 18.7. The van der Waals surface area contributed by atoms with Crippen LogP contribution in [0, 0.1) is 23.8 Å². The SMILES string of the molecule is CC(C)Cc1cnc2c(c1)CCc1c-2sc2c(-c3[c-]c4ccccc4c(C(C)(C)C)c3)nccc12.CCC(CC)C(=O)/C=C(\O)C(CC)CC.[Ir]. The van der Waals surface area contributed by atoms with E-state index in [4.69, 9.17) is 9.97 Å². The number of hydrogen-bond acceptors (Lipinski definition) is 5. The zero-order valence-corrected chi connectivity index (χ0v) is 35.2. The van der Waals surface area contributed by atoms with Gasteiger partial charge in [0.1, 0.15) is 0 Å². The second-order valence-corrected chi connectivity index (χ2v) is 16.3. The van der Waals surface area contributed by atoms with Crippen molar-refractivity contribution in [3.63, 3.8) is 0 Å². The minimum absolute atomic E-state index is 0. The number of hydrogen-bond donors (Lipinski definition) is 1. The molecule has 3 heterocycles. The van der Waals surface area contributed by atoms with Crippen LogP contribution in [0.1, 0.15) is 110 Å². The Hall–Kier alpha value is -3.18. The molecule has 0 fully saturated rings. The fourth-order valence-electron chi connectivity index (χ4n) is 7.26. The Kier molecular flexibility index (Phi) is 14.0. The number of ketones is 1. The van der Waals surface area contributed by atoms with Crippen LogP contribution < -0.4 is 0 Å². The van der Waals surface area contributed by atoms with Crippen LogP contribution in [-0.2, 0) is 49.6 Å². The van der Waals surface area contributed by atoms with E-state index in [0.717, 1.165) is 61.6 Å². The zero-order chi connectivity index (χ0) is 36.2. The van der Waals surface area contributed by atoms with Crippen LogP contribution in [0.4, 0.5) is 0 Å². The van der Waals surface area contributed by atoms with Crippen LogP contribution in [0.3, 0.4) is 0 Å². The monoisotopic (exact) mass is 880 g/mol. The van der Waals surface area contributed by atoms with Gasteiger partial charge >= 0.3 is 0 Å². The van der Waals surface area contributed by atoms with Crippen LogP contribution in [0.15, 0.2) is 66.7 Å². The van der Waals surface area contributed by atoms with Crippen LogP contribution in [-0.4, -0.2) is 20.9 Å². The maximum absolute atomic E-state index is 11.7. The number of allylic oxidation sites excluding steroid dienone is 2. The fourth-order valence-corrected chi connectivity index (χ4v) is 8.64. The molecule has 3 aromatic heterocycles. The first kappa shape index (κ1) is 40.6. The van der Waals surface area contributed by atoms with Crippen molar-refractivity contribution in [2.24, 2.45) is 17.8 Å². The number of aliphatic hydroxyl groups excluding tert-OH is 1. The van der Waals surface area contributed by atoms with Gasteiger partial charge in [-0.05, 0) is 84.4 Å². The third kappa shape index (κ3) is 9.07. The molecule has 0 amide bonds. The third-order valence-electron chi connectivity index (χ3n) is 10.2. The van der Waals surface area contributed by atoms with Crippen molar-refractivity contribution in [2.45, 2.75) is 113 Å². The number of nitrogens with zero attached hydrogens (tertiary/aromatic N) is 2. The Labute approximate surface area is 323 Å². The van der Waals surface area contributed by atoms with E-state index in [1.165, 1.54) is 54.4 Å². The van der Waals surface area contributed by atoms with Gasteiger partial charge in [-0.3, -0.25) is 14.8 Å². The van der Waals surface area contributed by atoms with Crippen molar-refractivity contribution in [3.8, 4) is 21.8 Å². The predicted molar refractivity (Wildman–Crippen MR) is 213 cm³/mol. The van der Waals surface area contributed by atoms with Gasteiger partial charge in [0.2, 0.25) is 0 Å². The van der Waals surface area contributed by atoms with Crippen molar-refractivity contribution >= 4 is 38.0 Å². The van der Waals surface area contributed by atoms with Gasteiger partial charge in [0, 0.05) is 60.8 Å². The van der Waals surface area contributed by atoms with Crippen molar-refractivity contribution in [3.05, 3.63) is 95.0 Å². The maximum Gasteiger partial charge on any atom is 0.162 e. The molecule has 4 nitrogen and oxygen atoms in total. The molecule has 5 aromatic rings. The zero-order valence-electron chi connectivity index (χ0n) is 31.9. The van der Waals surface area contributed by atoms with Gasteiger partial charge in [-0.1, -0.05) is 97.5 Å². The summed E-state index contributed by atoms with van der Waals surface area (Å²) in [4.78, 5) is 22.9. The molecule has 6 rings (SSSR count). The molecule has 0 bridgehead atoms. The molecule has 51 heavy (non-hydrogen) atoms. The number of aromatic nitrogens is 2. The van der Waals surface area contributed by atoms with Gasteiger partial charge in [-0.2, -0.15) is 0 Å². The smallest absolute Gasteiger partial charge is 0.162 e. The first-order valence-corrected chi connectivity index (χ1v) is 19.5. The molecule has 0 spiro atoms. The Morgan fingerprint density at radius 2 is 1.61 bits per heavy atom. The average molecular weight is 880 g/mol. The predicted octanol–water partition coefficient (Wildman–Crippen LogP) is 12.4. The van der Waals surface area contributed by atoms with E-state index in [2.05, 4.69) is 89.3 Å². The Morgan fingerprint density at radius 1 is 0.922 bits per heavy atom. The molecular weight excluding hydrogens is 825 g/mol. The summed E-state index contributed by atoms with van der Waals surface area (Å²) in [6.07, 6.45) is 12.2. The standard InChI is InChI=1S/C32H31N2S.C13H24O2.Ir/c1-19(2)14-20-15-22-10-11-25-26-12-13-33-29(31(26)35-30(25)28(22)34-18-20)23-16-21-8-6-7-9-24(21)27(17-23)32(3,4)5;1-5-10(6-2)12(14)9-13(15)11(7-3)8-4;/h6-9,12-13,15,17-19H,10-11,14H2,1-5H3;9-11,14H,5-8H2,1-4H3;/q-1;;/b;12-9-;. The van der Waals surface area contributed by atoms with E-state index in [-0.39, 0.29) is 48.9 Å². The summed E-state index contributed by atoms with van der Waals surface area (Å²) in [6.45, 7) is 19.5. The van der Waals surface area contributed by atoms with E-state index in [1.54, 1.807) is 0 Å². The normalized spacial score (nSPS) is 12.9. The van der Waals surface area contributed by atoms with Gasteiger partial charge in [0.05, 0.1) is 16.3 Å². The van der Waals surface area contributed by atoms with Gasteiger partial charge in [0.15, 0.2) is 5.78 Å². The summed E-state index contributed by atoms with van der Waals surface area (Å²) in [5.74, 6) is 1.19. The summed E-state index contributed by atoms with van der Waals surface area (Å²) in [6, 6.07) is 19.2. The molecule has 2 aromatic carbocycles. The summed E-state index contributed by atoms with van der Waals surface area (Å²) >= 11 is 1.86. The number of carbonyl (C=O) groups is 1. The van der Waals surface area contributed by atoms with E-state index in [0.29, 0.717) is 5.92 Å². The quantitative estimate of drug-likeness (QED) is 0.0862. The van der Waals surface area contributed by atoms with E-state index in [9.17, 15) is 9.90 Å². The third-order valence-corrected chi connectivity index (χ3v) is 11.4. The van der Waals surface area contributed by atoms with Gasteiger partial charge < -0.3 is 5.11 Å². The van der Waals surface area contributed by atoms with E-state index in [1.807, 2.05) is 45.2 Å². The van der Waals surface area contributed by atoms with Crippen LogP contribution in [0.5, 0.6) is 0 Å². The number of fused-ring (bicyclic) bond motifs is 6. The Balaban J connectivity index is 0.000000312. The van der Waals surface area contributed by atoms with Crippen LogP contribution in [0.25, 0.3) is 42.7 Å². The van der Waals surface area contributed by atoms with Gasteiger partial charge in [-0.15, -0.1) is 40.5 Å². The van der Waals surface area contributed by atoms with Crippen molar-refractivity contribution < 1.29 is 30.0 Å². The number of aryl methyl sites for hydroxylation is 2. The molecule has 0 atom stereocenters. The molecule has 1 N–H and O–H groups in total. The van der Waals surface area contributed by atoms with Crippen molar-refractivity contribution in [2.75, 3.05) is 0 Å². The number of aliphatic hydroxyl groups is 1. The first-order chi connectivity index (χ1) is 23.9. The number of benzene rings is 2. The fraction of sp³-hybridized carbons (Fsp3) is 0.444. The number of carbonyl (C=O) groups excluding carboxylic acids is 1. The van der Waals surface area contributed by atoms with E-state index < -0.39 is 0 Å². The van der Waals surface area contributed by atoms with Gasteiger partial charge in [0.25, 0.3) is 0 Å². The molecule has 0 unspecified atom stereocenters. The van der Waals surface area contributed by atoms with Crippen LogP contribution in [0.2, 0.25) is 0 Å².